The third kappa shape index (κ3) is 3.19. The van der Waals surface area contributed by atoms with Crippen LogP contribution in [0.15, 0.2) is 77.5 Å². The molecule has 0 bridgehead atoms. The number of nitrogens with zero attached hydrogens (tertiary/aromatic N) is 2. The Labute approximate surface area is 150 Å². The highest BCUT2D eigenvalue weighted by Crippen LogP contribution is 2.23. The predicted octanol–water partition coefficient (Wildman–Crippen LogP) is 4.38. The standard InChI is InChI=1S/C21H17N3O2/c1-14(19-11-16-9-5-6-10-18(16)26-19)24-21(25)17-12-22-20(23-13-17)15-7-3-2-4-8-15/h2-14H,1H3,(H,24,25). The smallest absolute Gasteiger partial charge is 0.254 e. The Morgan fingerprint density at radius 1 is 1.00 bits per heavy atom. The summed E-state index contributed by atoms with van der Waals surface area (Å²) in [4.78, 5) is 21.0. The fourth-order valence-electron chi connectivity index (χ4n) is 2.75. The van der Waals surface area contributed by atoms with E-state index in [1.165, 1.54) is 12.4 Å². The minimum atomic E-state index is -0.260. The van der Waals surface area contributed by atoms with E-state index in [1.54, 1.807) is 0 Å². The van der Waals surface area contributed by atoms with Gasteiger partial charge in [0.1, 0.15) is 11.3 Å². The SMILES string of the molecule is CC(NC(=O)c1cnc(-c2ccccc2)nc1)c1cc2ccccc2o1. The van der Waals surface area contributed by atoms with Gasteiger partial charge < -0.3 is 9.73 Å². The van der Waals surface area contributed by atoms with E-state index in [1.807, 2.05) is 67.6 Å². The minimum absolute atomic E-state index is 0.238. The molecule has 0 fully saturated rings. The Kier molecular flexibility index (Phi) is 4.19. The van der Waals surface area contributed by atoms with Crippen molar-refractivity contribution >= 4 is 16.9 Å². The number of amides is 1. The molecule has 5 heteroatoms. The molecule has 4 aromatic rings. The van der Waals surface area contributed by atoms with E-state index in [0.29, 0.717) is 17.1 Å². The first-order valence-corrected chi connectivity index (χ1v) is 8.37. The van der Waals surface area contributed by atoms with Gasteiger partial charge in [-0.15, -0.1) is 0 Å². The van der Waals surface area contributed by atoms with Crippen molar-refractivity contribution < 1.29 is 9.21 Å². The van der Waals surface area contributed by atoms with E-state index in [0.717, 1.165) is 16.5 Å². The van der Waals surface area contributed by atoms with E-state index < -0.39 is 0 Å². The minimum Gasteiger partial charge on any atom is -0.459 e. The van der Waals surface area contributed by atoms with Gasteiger partial charge in [0.15, 0.2) is 5.82 Å². The molecule has 2 heterocycles. The van der Waals surface area contributed by atoms with Gasteiger partial charge in [0.25, 0.3) is 5.91 Å². The molecule has 0 radical (unpaired) electrons. The third-order valence-corrected chi connectivity index (χ3v) is 4.16. The Morgan fingerprint density at radius 3 is 2.42 bits per heavy atom. The quantitative estimate of drug-likeness (QED) is 0.597. The number of carbonyl (C=O) groups is 1. The summed E-state index contributed by atoms with van der Waals surface area (Å²) in [6, 6.07) is 19.1. The number of hydrogen-bond donors (Lipinski definition) is 1. The fraction of sp³-hybridized carbons (Fsp3) is 0.0952. The molecule has 0 saturated heterocycles. The van der Waals surface area contributed by atoms with Crippen LogP contribution in [0.3, 0.4) is 0 Å². The van der Waals surface area contributed by atoms with Crippen molar-refractivity contribution in [3.05, 3.63) is 84.4 Å². The van der Waals surface area contributed by atoms with Crippen molar-refractivity contribution in [3.63, 3.8) is 0 Å². The van der Waals surface area contributed by atoms with Crippen molar-refractivity contribution in [2.45, 2.75) is 13.0 Å². The largest absolute Gasteiger partial charge is 0.459 e. The van der Waals surface area contributed by atoms with Gasteiger partial charge in [-0.1, -0.05) is 48.5 Å². The summed E-state index contributed by atoms with van der Waals surface area (Å²) < 4.78 is 5.80. The second-order valence-corrected chi connectivity index (χ2v) is 6.04. The summed E-state index contributed by atoms with van der Waals surface area (Å²) in [5.74, 6) is 1.06. The Morgan fingerprint density at radius 2 is 1.69 bits per heavy atom. The summed E-state index contributed by atoms with van der Waals surface area (Å²) in [6.07, 6.45) is 3.08. The van der Waals surface area contributed by atoms with Crippen LogP contribution in [0.2, 0.25) is 0 Å². The Hall–Kier alpha value is -3.47. The van der Waals surface area contributed by atoms with Crippen LogP contribution in [-0.2, 0) is 0 Å². The first-order valence-electron chi connectivity index (χ1n) is 8.37. The molecule has 1 unspecified atom stereocenters. The molecule has 5 nitrogen and oxygen atoms in total. The molecule has 4 rings (SSSR count). The van der Waals surface area contributed by atoms with Crippen LogP contribution in [0, 0.1) is 0 Å². The van der Waals surface area contributed by atoms with Gasteiger partial charge in [-0.05, 0) is 19.1 Å². The molecule has 0 saturated carbocycles. The second kappa shape index (κ2) is 6.80. The van der Waals surface area contributed by atoms with Crippen molar-refractivity contribution in [2.24, 2.45) is 0 Å². The molecule has 0 spiro atoms. The van der Waals surface area contributed by atoms with E-state index in [9.17, 15) is 4.79 Å². The number of nitrogens with one attached hydrogen (secondary N) is 1. The molecule has 1 amide bonds. The third-order valence-electron chi connectivity index (χ3n) is 4.16. The molecule has 2 aromatic heterocycles. The number of aromatic nitrogens is 2. The molecule has 1 atom stereocenters. The Balaban J connectivity index is 1.49. The summed E-state index contributed by atoms with van der Waals surface area (Å²) in [5, 5.41) is 3.93. The van der Waals surface area contributed by atoms with E-state index >= 15 is 0 Å². The molecular formula is C21H17N3O2. The maximum absolute atomic E-state index is 12.5. The number of benzene rings is 2. The zero-order valence-electron chi connectivity index (χ0n) is 14.2. The van der Waals surface area contributed by atoms with Crippen LogP contribution in [-0.4, -0.2) is 15.9 Å². The molecule has 0 aliphatic rings. The van der Waals surface area contributed by atoms with Crippen molar-refractivity contribution in [2.75, 3.05) is 0 Å². The lowest BCUT2D eigenvalue weighted by molar-refractivity contribution is 0.0935. The van der Waals surface area contributed by atoms with Crippen LogP contribution in [0.1, 0.15) is 29.1 Å². The van der Waals surface area contributed by atoms with Crippen LogP contribution in [0.5, 0.6) is 0 Å². The van der Waals surface area contributed by atoms with Gasteiger partial charge in [-0.3, -0.25) is 4.79 Å². The second-order valence-electron chi connectivity index (χ2n) is 6.04. The zero-order chi connectivity index (χ0) is 17.9. The predicted molar refractivity (Wildman–Crippen MR) is 99.6 cm³/mol. The summed E-state index contributed by atoms with van der Waals surface area (Å²) in [5.41, 5.74) is 2.13. The van der Waals surface area contributed by atoms with Crippen LogP contribution in [0.25, 0.3) is 22.4 Å². The number of furan rings is 1. The number of rotatable bonds is 4. The maximum Gasteiger partial charge on any atom is 0.254 e. The fourth-order valence-corrected chi connectivity index (χ4v) is 2.75. The zero-order valence-corrected chi connectivity index (χ0v) is 14.2. The lowest BCUT2D eigenvalue weighted by atomic mass is 10.2. The van der Waals surface area contributed by atoms with Crippen LogP contribution < -0.4 is 5.32 Å². The normalized spacial score (nSPS) is 12.0. The lowest BCUT2D eigenvalue weighted by Gasteiger charge is -2.11. The van der Waals surface area contributed by atoms with Crippen molar-refractivity contribution in [1.82, 2.24) is 15.3 Å². The number of fused-ring (bicyclic) bond motifs is 1. The van der Waals surface area contributed by atoms with E-state index in [4.69, 9.17) is 4.42 Å². The number of hydrogen-bond acceptors (Lipinski definition) is 4. The van der Waals surface area contributed by atoms with Gasteiger partial charge in [0.2, 0.25) is 0 Å². The molecule has 0 aliphatic carbocycles. The van der Waals surface area contributed by atoms with Crippen molar-refractivity contribution in [1.29, 1.82) is 0 Å². The highest BCUT2D eigenvalue weighted by molar-refractivity contribution is 5.94. The van der Waals surface area contributed by atoms with E-state index in [-0.39, 0.29) is 11.9 Å². The van der Waals surface area contributed by atoms with Crippen molar-refractivity contribution in [3.8, 4) is 11.4 Å². The van der Waals surface area contributed by atoms with Crippen LogP contribution in [0.4, 0.5) is 0 Å². The van der Waals surface area contributed by atoms with Crippen LogP contribution >= 0.6 is 0 Å². The summed E-state index contributed by atoms with van der Waals surface area (Å²) in [7, 11) is 0. The van der Waals surface area contributed by atoms with Gasteiger partial charge >= 0.3 is 0 Å². The maximum atomic E-state index is 12.5. The average molecular weight is 343 g/mol. The topological polar surface area (TPSA) is 68.0 Å². The molecule has 1 N–H and O–H groups in total. The first-order chi connectivity index (χ1) is 12.7. The molecule has 128 valence electrons. The van der Waals surface area contributed by atoms with Gasteiger partial charge in [0, 0.05) is 23.3 Å². The highest BCUT2D eigenvalue weighted by Gasteiger charge is 2.16. The highest BCUT2D eigenvalue weighted by atomic mass is 16.3. The summed E-state index contributed by atoms with van der Waals surface area (Å²) >= 11 is 0. The molecule has 2 aromatic carbocycles. The molecule has 26 heavy (non-hydrogen) atoms. The van der Waals surface area contributed by atoms with Gasteiger partial charge in [0.05, 0.1) is 11.6 Å². The molecular weight excluding hydrogens is 326 g/mol. The number of para-hydroxylation sites is 1. The average Bonchev–Trinajstić information content (AvgIpc) is 3.13. The van der Waals surface area contributed by atoms with Gasteiger partial charge in [-0.25, -0.2) is 9.97 Å². The van der Waals surface area contributed by atoms with Gasteiger partial charge in [-0.2, -0.15) is 0 Å². The van der Waals surface area contributed by atoms with E-state index in [2.05, 4.69) is 15.3 Å². The number of carbonyl (C=O) groups excluding carboxylic acids is 1. The lowest BCUT2D eigenvalue weighted by Crippen LogP contribution is -2.26. The molecule has 0 aliphatic heterocycles. The monoisotopic (exact) mass is 343 g/mol. The Bertz CT molecular complexity index is 1010. The first kappa shape index (κ1) is 16.0. The summed E-state index contributed by atoms with van der Waals surface area (Å²) in [6.45, 7) is 1.88.